The van der Waals surface area contributed by atoms with Crippen LogP contribution in [0.5, 0.6) is 17.2 Å². The zero-order chi connectivity index (χ0) is 36.4. The van der Waals surface area contributed by atoms with Gasteiger partial charge < -0.3 is 28.4 Å². The van der Waals surface area contributed by atoms with Crippen molar-refractivity contribution in [2.24, 2.45) is 0 Å². The maximum atomic E-state index is 12.7. The van der Waals surface area contributed by atoms with Crippen molar-refractivity contribution in [1.29, 1.82) is 0 Å². The minimum atomic E-state index is -0.593. The summed E-state index contributed by atoms with van der Waals surface area (Å²) in [5, 5.41) is 0. The molecule has 0 bridgehead atoms. The van der Waals surface area contributed by atoms with Gasteiger partial charge in [-0.2, -0.15) is 0 Å². The van der Waals surface area contributed by atoms with Crippen LogP contribution in [0.15, 0.2) is 97.1 Å². The normalized spacial score (nSPS) is 12.6. The van der Waals surface area contributed by atoms with E-state index in [-0.39, 0.29) is 31.3 Å². The quantitative estimate of drug-likeness (QED) is 0.0400. The summed E-state index contributed by atoms with van der Waals surface area (Å²) in [7, 11) is 0. The largest absolute Gasteiger partial charge is 0.494 e. The summed E-state index contributed by atoms with van der Waals surface area (Å²) >= 11 is 0. The van der Waals surface area contributed by atoms with Gasteiger partial charge in [-0.05, 0) is 105 Å². The first-order chi connectivity index (χ1) is 24.7. The average molecular weight is 699 g/mol. The van der Waals surface area contributed by atoms with E-state index in [0.29, 0.717) is 60.9 Å². The summed E-state index contributed by atoms with van der Waals surface area (Å²) in [4.78, 5) is 48.4. The van der Waals surface area contributed by atoms with Gasteiger partial charge in [0.2, 0.25) is 0 Å². The van der Waals surface area contributed by atoms with E-state index in [1.54, 1.807) is 43.3 Å². The number of ether oxygens (including phenoxy) is 6. The fourth-order valence-corrected chi connectivity index (χ4v) is 5.17. The Balaban J connectivity index is 1.09. The Bertz CT molecular complexity index is 1620. The molecule has 1 saturated carbocycles. The minimum absolute atomic E-state index is 0.0597. The van der Waals surface area contributed by atoms with Crippen molar-refractivity contribution in [3.05, 3.63) is 103 Å². The summed E-state index contributed by atoms with van der Waals surface area (Å²) in [6.07, 6.45) is 6.59. The third kappa shape index (κ3) is 13.5. The van der Waals surface area contributed by atoms with Gasteiger partial charge >= 0.3 is 23.9 Å². The molecule has 0 atom stereocenters. The number of rotatable bonds is 19. The Morgan fingerprint density at radius 2 is 1.14 bits per heavy atom. The van der Waals surface area contributed by atoms with Crippen molar-refractivity contribution >= 4 is 23.9 Å². The van der Waals surface area contributed by atoms with Crippen LogP contribution >= 0.6 is 0 Å². The molecule has 0 heterocycles. The number of hydrogen-bond donors (Lipinski definition) is 0. The van der Waals surface area contributed by atoms with Crippen LogP contribution in [-0.4, -0.2) is 56.4 Å². The Labute approximate surface area is 299 Å². The van der Waals surface area contributed by atoms with Crippen molar-refractivity contribution in [3.63, 3.8) is 0 Å². The van der Waals surface area contributed by atoms with E-state index in [1.165, 1.54) is 0 Å². The van der Waals surface area contributed by atoms with Gasteiger partial charge in [0.05, 0.1) is 38.4 Å². The van der Waals surface area contributed by atoms with Crippen LogP contribution in [-0.2, 0) is 28.6 Å². The van der Waals surface area contributed by atoms with Crippen LogP contribution < -0.4 is 14.2 Å². The average Bonchev–Trinajstić information content (AvgIpc) is 3.14. The first-order valence-corrected chi connectivity index (χ1v) is 17.3. The van der Waals surface area contributed by atoms with Gasteiger partial charge in [0.25, 0.3) is 0 Å². The summed E-state index contributed by atoms with van der Waals surface area (Å²) in [5.74, 6) is -0.215. The molecule has 0 aromatic heterocycles. The molecular weight excluding hydrogens is 652 g/mol. The number of esters is 4. The molecule has 1 aliphatic carbocycles. The third-order valence-corrected chi connectivity index (χ3v) is 8.02. The SMILES string of the molecule is C=C(C)C(=O)OCCCOc1ccc(-c2ccc(C(=O)Oc3ccc(OCCCCOC(=O)C(=C)CC(=O)OC4CCCCC4)cc3)cc2)cc1. The van der Waals surface area contributed by atoms with E-state index in [1.807, 2.05) is 36.4 Å². The molecule has 0 unspecified atom stereocenters. The molecule has 0 aliphatic heterocycles. The third-order valence-electron chi connectivity index (χ3n) is 8.02. The molecule has 270 valence electrons. The van der Waals surface area contributed by atoms with Gasteiger partial charge in [-0.15, -0.1) is 0 Å². The highest BCUT2D eigenvalue weighted by Crippen LogP contribution is 2.25. The molecule has 51 heavy (non-hydrogen) atoms. The van der Waals surface area contributed by atoms with Gasteiger partial charge in [0.1, 0.15) is 23.4 Å². The molecule has 10 heteroatoms. The fraction of sp³-hybridized carbons (Fsp3) is 0.366. The lowest BCUT2D eigenvalue weighted by atomic mass is 9.98. The van der Waals surface area contributed by atoms with Gasteiger partial charge in [-0.25, -0.2) is 14.4 Å². The molecule has 1 fully saturated rings. The Hall–Kier alpha value is -5.38. The standard InChI is InChI=1S/C41H46O10/c1-29(2)39(43)48-27-9-26-47-34-18-16-32(17-19-34)31-12-14-33(15-13-31)41(45)51-37-22-20-35(21-23-37)46-24-7-8-25-49-40(44)30(3)28-38(42)50-36-10-5-4-6-11-36/h12-23,36H,1,3-11,24-28H2,2H3. The van der Waals surface area contributed by atoms with Gasteiger partial charge in [0.15, 0.2) is 0 Å². The second-order valence-electron chi connectivity index (χ2n) is 12.3. The first kappa shape index (κ1) is 38.4. The lowest BCUT2D eigenvalue weighted by molar-refractivity contribution is -0.151. The summed E-state index contributed by atoms with van der Waals surface area (Å²) < 4.78 is 32.7. The van der Waals surface area contributed by atoms with E-state index >= 15 is 0 Å². The van der Waals surface area contributed by atoms with Gasteiger partial charge in [-0.1, -0.05) is 43.8 Å². The van der Waals surface area contributed by atoms with Crippen molar-refractivity contribution in [3.8, 4) is 28.4 Å². The Kier molecular flexibility index (Phi) is 15.3. The fourth-order valence-electron chi connectivity index (χ4n) is 5.17. The molecule has 3 aromatic carbocycles. The van der Waals surface area contributed by atoms with E-state index in [4.69, 9.17) is 28.4 Å². The Morgan fingerprint density at radius 3 is 1.76 bits per heavy atom. The van der Waals surface area contributed by atoms with Crippen LogP contribution in [0.2, 0.25) is 0 Å². The molecule has 0 spiro atoms. The van der Waals surface area contributed by atoms with Crippen molar-refractivity contribution in [2.75, 3.05) is 26.4 Å². The molecule has 0 saturated heterocycles. The molecule has 3 aromatic rings. The van der Waals surface area contributed by atoms with Crippen LogP contribution in [0.25, 0.3) is 11.1 Å². The predicted molar refractivity (Wildman–Crippen MR) is 192 cm³/mol. The van der Waals surface area contributed by atoms with E-state index < -0.39 is 23.9 Å². The van der Waals surface area contributed by atoms with Crippen LogP contribution in [0.4, 0.5) is 0 Å². The maximum Gasteiger partial charge on any atom is 0.343 e. The highest BCUT2D eigenvalue weighted by atomic mass is 16.6. The summed E-state index contributed by atoms with van der Waals surface area (Å²) in [6.45, 7) is 10.1. The second kappa shape index (κ2) is 20.3. The van der Waals surface area contributed by atoms with Gasteiger partial charge in [0, 0.05) is 17.6 Å². The molecular formula is C41H46O10. The van der Waals surface area contributed by atoms with Gasteiger partial charge in [-0.3, -0.25) is 4.79 Å². The molecule has 0 radical (unpaired) electrons. The highest BCUT2D eigenvalue weighted by molar-refractivity contribution is 5.93. The molecule has 0 amide bonds. The molecule has 4 rings (SSSR count). The van der Waals surface area contributed by atoms with E-state index in [2.05, 4.69) is 13.2 Å². The number of carbonyl (C=O) groups excluding carboxylic acids is 4. The molecule has 10 nitrogen and oxygen atoms in total. The van der Waals surface area contributed by atoms with Crippen molar-refractivity contribution in [2.45, 2.75) is 70.8 Å². The Morgan fingerprint density at radius 1 is 0.627 bits per heavy atom. The topological polar surface area (TPSA) is 124 Å². The predicted octanol–water partition coefficient (Wildman–Crippen LogP) is 7.99. The maximum absolute atomic E-state index is 12.7. The highest BCUT2D eigenvalue weighted by Gasteiger charge is 2.20. The number of unbranched alkanes of at least 4 members (excludes halogenated alkanes) is 1. The summed E-state index contributed by atoms with van der Waals surface area (Å²) in [5.41, 5.74) is 2.77. The lowest BCUT2D eigenvalue weighted by Gasteiger charge is -2.21. The molecule has 0 N–H and O–H groups in total. The number of hydrogen-bond acceptors (Lipinski definition) is 10. The first-order valence-electron chi connectivity index (χ1n) is 17.3. The van der Waals surface area contributed by atoms with E-state index in [9.17, 15) is 19.2 Å². The zero-order valence-electron chi connectivity index (χ0n) is 29.2. The second-order valence-corrected chi connectivity index (χ2v) is 12.3. The lowest BCUT2D eigenvalue weighted by Crippen LogP contribution is -2.22. The minimum Gasteiger partial charge on any atom is -0.494 e. The number of benzene rings is 3. The van der Waals surface area contributed by atoms with Crippen molar-refractivity contribution < 1.29 is 47.6 Å². The van der Waals surface area contributed by atoms with Crippen LogP contribution in [0, 0.1) is 0 Å². The van der Waals surface area contributed by atoms with Crippen LogP contribution in [0.3, 0.4) is 0 Å². The monoisotopic (exact) mass is 698 g/mol. The summed E-state index contributed by atoms with van der Waals surface area (Å²) in [6, 6.07) is 21.5. The molecule has 1 aliphatic rings. The zero-order valence-corrected chi connectivity index (χ0v) is 29.2. The van der Waals surface area contributed by atoms with E-state index in [0.717, 1.165) is 43.2 Å². The van der Waals surface area contributed by atoms with Crippen molar-refractivity contribution in [1.82, 2.24) is 0 Å². The van der Waals surface area contributed by atoms with Crippen LogP contribution in [0.1, 0.15) is 75.1 Å². The smallest absolute Gasteiger partial charge is 0.343 e. The number of carbonyl (C=O) groups is 4.